The number of aromatic nitrogens is 2. The fraction of sp³-hybridized carbons (Fsp3) is 0.308. The molecule has 3 rings (SSSR count). The lowest BCUT2D eigenvalue weighted by Gasteiger charge is -2.10. The molecule has 1 saturated carbocycles. The Morgan fingerprint density at radius 3 is 2.61 bits per heavy atom. The van der Waals surface area contributed by atoms with Crippen molar-refractivity contribution in [3.8, 4) is 5.69 Å². The van der Waals surface area contributed by atoms with Crippen LogP contribution in [0.2, 0.25) is 0 Å². The van der Waals surface area contributed by atoms with Gasteiger partial charge < -0.3 is 10.0 Å². The second kappa shape index (κ2) is 4.26. The molecule has 1 aromatic carbocycles. The van der Waals surface area contributed by atoms with Crippen LogP contribution < -0.4 is 5.46 Å². The fourth-order valence-corrected chi connectivity index (χ4v) is 2.25. The Kier molecular flexibility index (Phi) is 2.72. The molecule has 1 heterocycles. The van der Waals surface area contributed by atoms with E-state index in [0.717, 1.165) is 29.8 Å². The van der Waals surface area contributed by atoms with E-state index in [1.807, 2.05) is 37.4 Å². The molecule has 5 heteroatoms. The largest absolute Gasteiger partial charge is 0.488 e. The van der Waals surface area contributed by atoms with Crippen LogP contribution in [-0.4, -0.2) is 26.9 Å². The molecular formula is C13H15BN2O2. The first-order valence-corrected chi connectivity index (χ1v) is 6.18. The molecule has 0 aliphatic heterocycles. The normalized spacial score (nSPS) is 14.8. The van der Waals surface area contributed by atoms with Crippen molar-refractivity contribution in [3.63, 3.8) is 0 Å². The van der Waals surface area contributed by atoms with Gasteiger partial charge in [-0.25, -0.2) is 4.68 Å². The van der Waals surface area contributed by atoms with Crippen molar-refractivity contribution in [1.29, 1.82) is 0 Å². The maximum Gasteiger partial charge on any atom is 0.488 e. The molecule has 2 N–H and O–H groups in total. The van der Waals surface area contributed by atoms with Crippen LogP contribution in [0.3, 0.4) is 0 Å². The molecule has 0 amide bonds. The molecule has 18 heavy (non-hydrogen) atoms. The predicted molar refractivity (Wildman–Crippen MR) is 70.1 cm³/mol. The van der Waals surface area contributed by atoms with Gasteiger partial charge >= 0.3 is 7.12 Å². The van der Waals surface area contributed by atoms with Crippen molar-refractivity contribution >= 4 is 12.6 Å². The quantitative estimate of drug-likeness (QED) is 0.780. The van der Waals surface area contributed by atoms with Gasteiger partial charge in [0.25, 0.3) is 0 Å². The van der Waals surface area contributed by atoms with Crippen LogP contribution in [0, 0.1) is 6.92 Å². The van der Waals surface area contributed by atoms with Gasteiger partial charge in [0.1, 0.15) is 0 Å². The Hall–Kier alpha value is -1.59. The predicted octanol–water partition coefficient (Wildman–Crippen LogP) is 0.738. The average Bonchev–Trinajstić information content (AvgIpc) is 3.11. The molecule has 0 spiro atoms. The van der Waals surface area contributed by atoms with Crippen molar-refractivity contribution in [2.24, 2.45) is 0 Å². The van der Waals surface area contributed by atoms with Crippen LogP contribution in [0.25, 0.3) is 5.69 Å². The highest BCUT2D eigenvalue weighted by Crippen LogP contribution is 2.39. The van der Waals surface area contributed by atoms with Crippen LogP contribution in [0.5, 0.6) is 0 Å². The SMILES string of the molecule is Cc1ccn(-c2ccc(C3CC3)c(B(O)O)c2)n1. The van der Waals surface area contributed by atoms with Crippen molar-refractivity contribution in [3.05, 3.63) is 41.7 Å². The summed E-state index contributed by atoms with van der Waals surface area (Å²) in [6, 6.07) is 7.69. The second-order valence-electron chi connectivity index (χ2n) is 4.86. The zero-order valence-corrected chi connectivity index (χ0v) is 10.2. The van der Waals surface area contributed by atoms with E-state index in [1.54, 1.807) is 4.68 Å². The van der Waals surface area contributed by atoms with Crippen LogP contribution in [0.4, 0.5) is 0 Å². The summed E-state index contributed by atoms with van der Waals surface area (Å²) in [4.78, 5) is 0. The van der Waals surface area contributed by atoms with Crippen LogP contribution in [-0.2, 0) is 0 Å². The third-order valence-electron chi connectivity index (χ3n) is 3.35. The number of benzene rings is 1. The molecule has 92 valence electrons. The first-order chi connectivity index (χ1) is 8.65. The first kappa shape index (κ1) is 11.5. The van der Waals surface area contributed by atoms with Gasteiger partial charge in [0.05, 0.1) is 11.4 Å². The summed E-state index contributed by atoms with van der Waals surface area (Å²) in [6.45, 7) is 1.93. The maximum atomic E-state index is 9.48. The molecule has 4 nitrogen and oxygen atoms in total. The zero-order valence-electron chi connectivity index (χ0n) is 10.2. The van der Waals surface area contributed by atoms with Gasteiger partial charge in [-0.05, 0) is 54.9 Å². The van der Waals surface area contributed by atoms with E-state index in [9.17, 15) is 10.0 Å². The van der Waals surface area contributed by atoms with Crippen LogP contribution in [0.1, 0.15) is 30.0 Å². The third-order valence-corrected chi connectivity index (χ3v) is 3.35. The Balaban J connectivity index is 2.04. The molecule has 1 aliphatic carbocycles. The van der Waals surface area contributed by atoms with Crippen LogP contribution in [0.15, 0.2) is 30.5 Å². The molecule has 0 saturated heterocycles. The smallest absolute Gasteiger partial charge is 0.423 e. The minimum Gasteiger partial charge on any atom is -0.423 e. The third kappa shape index (κ3) is 2.07. The van der Waals surface area contributed by atoms with Gasteiger partial charge in [0.15, 0.2) is 0 Å². The summed E-state index contributed by atoms with van der Waals surface area (Å²) < 4.78 is 1.75. The van der Waals surface area contributed by atoms with Gasteiger partial charge in [0.2, 0.25) is 0 Å². The van der Waals surface area contributed by atoms with E-state index in [-0.39, 0.29) is 0 Å². The highest BCUT2D eigenvalue weighted by atomic mass is 16.4. The van der Waals surface area contributed by atoms with Crippen molar-refractivity contribution in [2.45, 2.75) is 25.7 Å². The van der Waals surface area contributed by atoms with Crippen molar-refractivity contribution < 1.29 is 10.0 Å². The van der Waals surface area contributed by atoms with Crippen LogP contribution >= 0.6 is 0 Å². The molecule has 0 unspecified atom stereocenters. The Labute approximate surface area is 106 Å². The summed E-state index contributed by atoms with van der Waals surface area (Å²) in [6.07, 6.45) is 4.15. The minimum absolute atomic E-state index is 0.496. The Morgan fingerprint density at radius 1 is 1.28 bits per heavy atom. The average molecular weight is 242 g/mol. The number of hydrogen-bond donors (Lipinski definition) is 2. The van der Waals surface area contributed by atoms with E-state index in [4.69, 9.17) is 0 Å². The van der Waals surface area contributed by atoms with E-state index >= 15 is 0 Å². The molecule has 1 fully saturated rings. The summed E-state index contributed by atoms with van der Waals surface area (Å²) in [5.74, 6) is 0.496. The van der Waals surface area contributed by atoms with E-state index in [1.165, 1.54) is 0 Å². The van der Waals surface area contributed by atoms with Crippen molar-refractivity contribution in [2.75, 3.05) is 0 Å². The number of nitrogens with zero attached hydrogens (tertiary/aromatic N) is 2. The molecule has 1 aromatic heterocycles. The molecular weight excluding hydrogens is 227 g/mol. The van der Waals surface area contributed by atoms with Gasteiger partial charge in [0, 0.05) is 6.20 Å². The van der Waals surface area contributed by atoms with E-state index < -0.39 is 7.12 Å². The summed E-state index contributed by atoms with van der Waals surface area (Å²) in [5.41, 5.74) is 3.45. The van der Waals surface area contributed by atoms with Gasteiger partial charge in [-0.3, -0.25) is 0 Å². The fourth-order valence-electron chi connectivity index (χ4n) is 2.25. The monoisotopic (exact) mass is 242 g/mol. The highest BCUT2D eigenvalue weighted by Gasteiger charge is 2.29. The lowest BCUT2D eigenvalue weighted by molar-refractivity contribution is 0.425. The summed E-state index contributed by atoms with van der Waals surface area (Å²) >= 11 is 0. The molecule has 2 aromatic rings. The molecule has 0 bridgehead atoms. The number of hydrogen-bond acceptors (Lipinski definition) is 3. The molecule has 0 radical (unpaired) electrons. The topological polar surface area (TPSA) is 58.3 Å². The summed E-state index contributed by atoms with van der Waals surface area (Å²) in [5, 5.41) is 23.3. The minimum atomic E-state index is -1.42. The zero-order chi connectivity index (χ0) is 12.7. The molecule has 1 aliphatic rings. The second-order valence-corrected chi connectivity index (χ2v) is 4.86. The van der Waals surface area contributed by atoms with Gasteiger partial charge in [-0.1, -0.05) is 6.07 Å². The lowest BCUT2D eigenvalue weighted by Crippen LogP contribution is -2.33. The Bertz CT molecular complexity index is 576. The number of aryl methyl sites for hydroxylation is 1. The number of rotatable bonds is 3. The first-order valence-electron chi connectivity index (χ1n) is 6.18. The lowest BCUT2D eigenvalue weighted by atomic mass is 9.75. The Morgan fingerprint density at radius 2 is 2.06 bits per heavy atom. The summed E-state index contributed by atoms with van der Waals surface area (Å²) in [7, 11) is -1.42. The van der Waals surface area contributed by atoms with Gasteiger partial charge in [-0.2, -0.15) is 5.10 Å². The maximum absolute atomic E-state index is 9.48. The molecule has 0 atom stereocenters. The standard InChI is InChI=1S/C13H15BN2O2/c1-9-6-7-16(15-9)11-4-5-12(10-2-3-10)13(8-11)14(17)18/h4-8,10,17-18H,2-3H2,1H3. The van der Waals surface area contributed by atoms with Gasteiger partial charge in [-0.15, -0.1) is 0 Å². The van der Waals surface area contributed by atoms with Crippen molar-refractivity contribution in [1.82, 2.24) is 9.78 Å². The van der Waals surface area contributed by atoms with E-state index in [0.29, 0.717) is 11.4 Å². The highest BCUT2D eigenvalue weighted by molar-refractivity contribution is 6.59. The van der Waals surface area contributed by atoms with E-state index in [2.05, 4.69) is 5.10 Å².